The van der Waals surface area contributed by atoms with Crippen LogP contribution in [0.5, 0.6) is 11.5 Å². The minimum Gasteiger partial charge on any atom is -0.454 e. The third-order valence-electron chi connectivity index (χ3n) is 3.46. The quantitative estimate of drug-likeness (QED) is 0.927. The highest BCUT2D eigenvalue weighted by molar-refractivity contribution is 9.10. The Morgan fingerprint density at radius 3 is 3.12 bits per heavy atom. The van der Waals surface area contributed by atoms with Crippen molar-refractivity contribution in [2.24, 2.45) is 5.92 Å². The first-order valence-corrected chi connectivity index (χ1v) is 6.88. The summed E-state index contributed by atoms with van der Waals surface area (Å²) in [6.07, 6.45) is 1.28. The molecule has 0 aromatic heterocycles. The van der Waals surface area contributed by atoms with Gasteiger partial charge in [0.25, 0.3) is 0 Å². The molecule has 0 spiro atoms. The molecule has 1 saturated carbocycles. The Bertz CT molecular complexity index is 436. The molecule has 0 bridgehead atoms. The second-order valence-electron chi connectivity index (χ2n) is 4.65. The molecule has 1 aromatic carbocycles. The zero-order chi connectivity index (χ0) is 11.8. The maximum atomic E-state index is 5.45. The Labute approximate surface area is 110 Å². The van der Waals surface area contributed by atoms with Crippen molar-refractivity contribution in [2.75, 3.05) is 19.9 Å². The van der Waals surface area contributed by atoms with E-state index in [0.717, 1.165) is 35.0 Å². The van der Waals surface area contributed by atoms with Gasteiger partial charge in [-0.15, -0.1) is 0 Å². The third-order valence-corrected chi connectivity index (χ3v) is 4.05. The first kappa shape index (κ1) is 11.4. The van der Waals surface area contributed by atoms with Gasteiger partial charge in [-0.2, -0.15) is 0 Å². The van der Waals surface area contributed by atoms with Crippen LogP contribution in [0, 0.1) is 5.92 Å². The summed E-state index contributed by atoms with van der Waals surface area (Å²) in [7, 11) is 0. The first-order valence-electron chi connectivity index (χ1n) is 6.09. The molecule has 1 aromatic rings. The molecule has 2 aliphatic rings. The van der Waals surface area contributed by atoms with E-state index in [-0.39, 0.29) is 0 Å². The van der Waals surface area contributed by atoms with Crippen LogP contribution >= 0.6 is 15.9 Å². The van der Waals surface area contributed by atoms with Crippen LogP contribution in [0.15, 0.2) is 16.6 Å². The van der Waals surface area contributed by atoms with Crippen molar-refractivity contribution in [1.29, 1.82) is 0 Å². The SMILES string of the molecule is CCNCC1CC1c1cc(Br)c2c(c1)OCO2. The summed E-state index contributed by atoms with van der Waals surface area (Å²) in [6.45, 7) is 4.65. The zero-order valence-electron chi connectivity index (χ0n) is 9.83. The van der Waals surface area contributed by atoms with E-state index in [1.54, 1.807) is 0 Å². The fourth-order valence-corrected chi connectivity index (χ4v) is 2.99. The molecule has 1 N–H and O–H groups in total. The molecule has 1 aliphatic heterocycles. The average molecular weight is 298 g/mol. The summed E-state index contributed by atoms with van der Waals surface area (Å²) in [5.41, 5.74) is 1.36. The molecule has 1 aliphatic carbocycles. The number of halogens is 1. The molecule has 2 unspecified atom stereocenters. The van der Waals surface area contributed by atoms with Crippen molar-refractivity contribution in [3.8, 4) is 11.5 Å². The lowest BCUT2D eigenvalue weighted by atomic mass is 10.1. The summed E-state index contributed by atoms with van der Waals surface area (Å²) in [6, 6.07) is 4.30. The van der Waals surface area contributed by atoms with Gasteiger partial charge in [0.15, 0.2) is 11.5 Å². The average Bonchev–Trinajstić information content (AvgIpc) is 2.94. The lowest BCUT2D eigenvalue weighted by Gasteiger charge is -2.05. The normalized spacial score (nSPS) is 25.1. The first-order chi connectivity index (χ1) is 8.29. The van der Waals surface area contributed by atoms with E-state index < -0.39 is 0 Å². The monoisotopic (exact) mass is 297 g/mol. The topological polar surface area (TPSA) is 30.5 Å². The van der Waals surface area contributed by atoms with E-state index >= 15 is 0 Å². The van der Waals surface area contributed by atoms with Gasteiger partial charge < -0.3 is 14.8 Å². The van der Waals surface area contributed by atoms with Crippen molar-refractivity contribution in [3.63, 3.8) is 0 Å². The largest absolute Gasteiger partial charge is 0.454 e. The van der Waals surface area contributed by atoms with Gasteiger partial charge in [-0.25, -0.2) is 0 Å². The van der Waals surface area contributed by atoms with Crippen LogP contribution in [0.2, 0.25) is 0 Å². The zero-order valence-corrected chi connectivity index (χ0v) is 11.4. The number of hydrogen-bond donors (Lipinski definition) is 1. The van der Waals surface area contributed by atoms with Gasteiger partial charge in [-0.3, -0.25) is 0 Å². The van der Waals surface area contributed by atoms with Gasteiger partial charge in [-0.1, -0.05) is 6.92 Å². The summed E-state index contributed by atoms with van der Waals surface area (Å²) in [5.74, 6) is 3.18. The molecule has 2 atom stereocenters. The number of benzene rings is 1. The number of nitrogens with one attached hydrogen (secondary N) is 1. The summed E-state index contributed by atoms with van der Waals surface area (Å²) < 4.78 is 11.9. The number of ether oxygens (including phenoxy) is 2. The molecule has 0 amide bonds. The van der Waals surface area contributed by atoms with Crippen molar-refractivity contribution in [3.05, 3.63) is 22.2 Å². The van der Waals surface area contributed by atoms with Crippen molar-refractivity contribution >= 4 is 15.9 Å². The fraction of sp³-hybridized carbons (Fsp3) is 0.538. The molecule has 4 heteroatoms. The van der Waals surface area contributed by atoms with Gasteiger partial charge in [0, 0.05) is 0 Å². The van der Waals surface area contributed by atoms with Gasteiger partial charge in [0.2, 0.25) is 6.79 Å². The van der Waals surface area contributed by atoms with E-state index in [2.05, 4.69) is 40.3 Å². The standard InChI is InChI=1S/C13H16BrNO2/c1-2-15-6-9-3-10(9)8-4-11(14)13-12(5-8)16-7-17-13/h4-5,9-10,15H,2-3,6-7H2,1H3. The predicted octanol–water partition coefficient (Wildman–Crippen LogP) is 2.89. The molecule has 1 fully saturated rings. The van der Waals surface area contributed by atoms with E-state index in [9.17, 15) is 0 Å². The van der Waals surface area contributed by atoms with E-state index in [1.165, 1.54) is 12.0 Å². The van der Waals surface area contributed by atoms with E-state index in [1.807, 2.05) is 0 Å². The second-order valence-corrected chi connectivity index (χ2v) is 5.50. The third kappa shape index (κ3) is 2.16. The highest BCUT2D eigenvalue weighted by Crippen LogP contribution is 2.51. The molecule has 1 heterocycles. The van der Waals surface area contributed by atoms with Crippen LogP contribution in [-0.2, 0) is 0 Å². The van der Waals surface area contributed by atoms with Gasteiger partial charge in [0.05, 0.1) is 4.47 Å². The minimum atomic E-state index is 0.336. The lowest BCUT2D eigenvalue weighted by Crippen LogP contribution is -2.16. The van der Waals surface area contributed by atoms with Gasteiger partial charge in [0.1, 0.15) is 0 Å². The van der Waals surface area contributed by atoms with Crippen LogP contribution in [0.1, 0.15) is 24.8 Å². The van der Waals surface area contributed by atoms with Crippen LogP contribution in [0.4, 0.5) is 0 Å². The summed E-state index contributed by atoms with van der Waals surface area (Å²) in [4.78, 5) is 0. The number of rotatable bonds is 4. The Balaban J connectivity index is 1.75. The lowest BCUT2D eigenvalue weighted by molar-refractivity contribution is 0.173. The molecule has 17 heavy (non-hydrogen) atoms. The summed E-state index contributed by atoms with van der Waals surface area (Å²) >= 11 is 3.55. The highest BCUT2D eigenvalue weighted by atomic mass is 79.9. The van der Waals surface area contributed by atoms with Crippen LogP contribution in [-0.4, -0.2) is 19.9 Å². The van der Waals surface area contributed by atoms with E-state index in [0.29, 0.717) is 12.7 Å². The van der Waals surface area contributed by atoms with Crippen molar-refractivity contribution in [1.82, 2.24) is 5.32 Å². The van der Waals surface area contributed by atoms with Crippen molar-refractivity contribution in [2.45, 2.75) is 19.3 Å². The second kappa shape index (κ2) is 4.50. The van der Waals surface area contributed by atoms with Gasteiger partial charge >= 0.3 is 0 Å². The van der Waals surface area contributed by atoms with Crippen LogP contribution < -0.4 is 14.8 Å². The molecular weight excluding hydrogens is 282 g/mol. The van der Waals surface area contributed by atoms with E-state index in [4.69, 9.17) is 9.47 Å². The minimum absolute atomic E-state index is 0.336. The molecule has 3 rings (SSSR count). The molecule has 0 radical (unpaired) electrons. The van der Waals surface area contributed by atoms with Gasteiger partial charge in [-0.05, 0) is 65.0 Å². The number of fused-ring (bicyclic) bond motifs is 1. The van der Waals surface area contributed by atoms with Crippen LogP contribution in [0.25, 0.3) is 0 Å². The van der Waals surface area contributed by atoms with Crippen molar-refractivity contribution < 1.29 is 9.47 Å². The Morgan fingerprint density at radius 2 is 2.29 bits per heavy atom. The maximum Gasteiger partial charge on any atom is 0.231 e. The smallest absolute Gasteiger partial charge is 0.231 e. The Kier molecular flexibility index (Phi) is 3.01. The number of hydrogen-bond acceptors (Lipinski definition) is 3. The predicted molar refractivity (Wildman–Crippen MR) is 69.7 cm³/mol. The summed E-state index contributed by atoms with van der Waals surface area (Å²) in [5, 5.41) is 3.41. The Hall–Kier alpha value is -0.740. The Morgan fingerprint density at radius 1 is 1.41 bits per heavy atom. The van der Waals surface area contributed by atoms with Crippen LogP contribution in [0.3, 0.4) is 0 Å². The maximum absolute atomic E-state index is 5.45. The molecule has 0 saturated heterocycles. The molecule has 3 nitrogen and oxygen atoms in total. The fourth-order valence-electron chi connectivity index (χ4n) is 2.41. The molecule has 92 valence electrons. The molecular formula is C13H16BrNO2. The highest BCUT2D eigenvalue weighted by Gasteiger charge is 2.38.